The van der Waals surface area contributed by atoms with Crippen LogP contribution in [-0.2, 0) is 0 Å². The fraction of sp³-hybridized carbons (Fsp3) is 1.00. The van der Waals surface area contributed by atoms with Crippen molar-refractivity contribution in [3.8, 4) is 0 Å². The molecule has 1 saturated carbocycles. The van der Waals surface area contributed by atoms with Crippen molar-refractivity contribution in [2.24, 2.45) is 35.3 Å². The van der Waals surface area contributed by atoms with Gasteiger partial charge in [0.1, 0.15) is 0 Å². The first-order valence-corrected chi connectivity index (χ1v) is 7.37. The van der Waals surface area contributed by atoms with Crippen LogP contribution in [0.3, 0.4) is 0 Å². The van der Waals surface area contributed by atoms with E-state index in [1.807, 2.05) is 0 Å². The van der Waals surface area contributed by atoms with Crippen molar-refractivity contribution in [2.45, 2.75) is 59.8 Å². The van der Waals surface area contributed by atoms with E-state index in [-0.39, 0.29) is 0 Å². The van der Waals surface area contributed by atoms with Gasteiger partial charge in [-0.05, 0) is 49.0 Å². The highest BCUT2D eigenvalue weighted by molar-refractivity contribution is 4.92. The van der Waals surface area contributed by atoms with Crippen LogP contribution in [0.2, 0.25) is 0 Å². The quantitative estimate of drug-likeness (QED) is 0.724. The van der Waals surface area contributed by atoms with E-state index in [1.165, 1.54) is 32.1 Å². The van der Waals surface area contributed by atoms with E-state index in [1.54, 1.807) is 0 Å². The van der Waals surface area contributed by atoms with E-state index in [4.69, 9.17) is 5.73 Å². The Morgan fingerprint density at radius 3 is 2.00 bits per heavy atom. The van der Waals surface area contributed by atoms with Crippen LogP contribution in [-0.4, -0.2) is 6.54 Å². The van der Waals surface area contributed by atoms with E-state index in [0.29, 0.717) is 0 Å². The maximum absolute atomic E-state index is 5.66. The van der Waals surface area contributed by atoms with Crippen LogP contribution in [0, 0.1) is 29.6 Å². The Morgan fingerprint density at radius 1 is 0.875 bits per heavy atom. The lowest BCUT2D eigenvalue weighted by Crippen LogP contribution is -2.15. The summed E-state index contributed by atoms with van der Waals surface area (Å²) >= 11 is 0. The molecule has 0 heterocycles. The van der Waals surface area contributed by atoms with Crippen molar-refractivity contribution in [2.75, 3.05) is 6.54 Å². The van der Waals surface area contributed by atoms with E-state index < -0.39 is 0 Å². The van der Waals surface area contributed by atoms with E-state index in [9.17, 15) is 0 Å². The van der Waals surface area contributed by atoms with Gasteiger partial charge in [-0.25, -0.2) is 0 Å². The average Bonchev–Trinajstić information content (AvgIpc) is 2.50. The molecule has 0 bridgehead atoms. The molecule has 0 aliphatic heterocycles. The molecule has 0 radical (unpaired) electrons. The van der Waals surface area contributed by atoms with E-state index >= 15 is 0 Å². The van der Waals surface area contributed by atoms with Gasteiger partial charge < -0.3 is 5.73 Å². The summed E-state index contributed by atoms with van der Waals surface area (Å²) in [5.41, 5.74) is 5.66. The summed E-state index contributed by atoms with van der Waals surface area (Å²) in [5.74, 6) is 4.73. The molecular formula is C15H31N. The molecule has 96 valence electrons. The fourth-order valence-electron chi connectivity index (χ4n) is 4.26. The van der Waals surface area contributed by atoms with Crippen LogP contribution in [0.5, 0.6) is 0 Å². The normalized spacial score (nSPS) is 39.2. The maximum atomic E-state index is 5.66. The van der Waals surface area contributed by atoms with Gasteiger partial charge >= 0.3 is 0 Å². The summed E-state index contributed by atoms with van der Waals surface area (Å²) in [6.45, 7) is 10.6. The minimum Gasteiger partial charge on any atom is -0.330 e. The third-order valence-electron chi connectivity index (χ3n) is 5.09. The van der Waals surface area contributed by atoms with Gasteiger partial charge in [-0.15, -0.1) is 0 Å². The molecule has 5 atom stereocenters. The topological polar surface area (TPSA) is 26.0 Å². The van der Waals surface area contributed by atoms with Crippen LogP contribution in [0.4, 0.5) is 0 Å². The summed E-state index contributed by atoms with van der Waals surface area (Å²) in [5, 5.41) is 0. The summed E-state index contributed by atoms with van der Waals surface area (Å²) in [4.78, 5) is 0. The van der Waals surface area contributed by atoms with E-state index in [2.05, 4.69) is 27.7 Å². The Balaban J connectivity index is 2.66. The lowest BCUT2D eigenvalue weighted by molar-refractivity contribution is 0.271. The smallest absolute Gasteiger partial charge is 0.00772 e. The minimum atomic E-state index is 0.866. The molecule has 0 saturated heterocycles. The molecule has 1 nitrogen and oxygen atoms in total. The SMILES string of the molecule is CCCC1C(C)C(CCCN)C(C)C1CC. The van der Waals surface area contributed by atoms with Gasteiger partial charge in [-0.3, -0.25) is 0 Å². The van der Waals surface area contributed by atoms with Crippen molar-refractivity contribution >= 4 is 0 Å². The molecule has 0 spiro atoms. The van der Waals surface area contributed by atoms with Crippen LogP contribution in [0.15, 0.2) is 0 Å². The van der Waals surface area contributed by atoms with Gasteiger partial charge in [-0.2, -0.15) is 0 Å². The van der Waals surface area contributed by atoms with Gasteiger partial charge in [0.15, 0.2) is 0 Å². The minimum absolute atomic E-state index is 0.866. The van der Waals surface area contributed by atoms with Crippen LogP contribution >= 0.6 is 0 Å². The first-order valence-electron chi connectivity index (χ1n) is 7.37. The lowest BCUT2D eigenvalue weighted by atomic mass is 9.83. The standard InChI is InChI=1S/C15H31N/c1-5-8-15-12(4)14(9-7-10-16)11(3)13(15)6-2/h11-15H,5-10,16H2,1-4H3. The van der Waals surface area contributed by atoms with Gasteiger partial charge in [0.25, 0.3) is 0 Å². The summed E-state index contributed by atoms with van der Waals surface area (Å²) in [7, 11) is 0. The second-order valence-electron chi connectivity index (χ2n) is 5.84. The second-order valence-corrected chi connectivity index (χ2v) is 5.84. The predicted octanol–water partition coefficient (Wildman–Crippen LogP) is 4.07. The predicted molar refractivity (Wildman–Crippen MR) is 72.3 cm³/mol. The zero-order chi connectivity index (χ0) is 12.1. The van der Waals surface area contributed by atoms with Crippen molar-refractivity contribution in [1.29, 1.82) is 0 Å². The Labute approximate surface area is 102 Å². The Kier molecular flexibility index (Phi) is 5.82. The molecule has 1 fully saturated rings. The molecular weight excluding hydrogens is 194 g/mol. The summed E-state index contributed by atoms with van der Waals surface area (Å²) < 4.78 is 0. The molecule has 0 amide bonds. The van der Waals surface area contributed by atoms with Crippen LogP contribution < -0.4 is 5.73 Å². The number of rotatable bonds is 6. The Hall–Kier alpha value is -0.0400. The molecule has 2 N–H and O–H groups in total. The lowest BCUT2D eigenvalue weighted by Gasteiger charge is -2.22. The molecule has 1 heteroatoms. The molecule has 0 aromatic rings. The Morgan fingerprint density at radius 2 is 1.50 bits per heavy atom. The number of hydrogen-bond donors (Lipinski definition) is 1. The van der Waals surface area contributed by atoms with E-state index in [0.717, 1.165) is 36.1 Å². The van der Waals surface area contributed by atoms with Crippen molar-refractivity contribution < 1.29 is 0 Å². The zero-order valence-electron chi connectivity index (χ0n) is 11.7. The number of hydrogen-bond acceptors (Lipinski definition) is 1. The van der Waals surface area contributed by atoms with Gasteiger partial charge in [0, 0.05) is 0 Å². The first-order chi connectivity index (χ1) is 7.67. The van der Waals surface area contributed by atoms with Crippen LogP contribution in [0.1, 0.15) is 59.8 Å². The second kappa shape index (κ2) is 6.64. The highest BCUT2D eigenvalue weighted by atomic mass is 14.5. The zero-order valence-corrected chi connectivity index (χ0v) is 11.7. The monoisotopic (exact) mass is 225 g/mol. The summed E-state index contributed by atoms with van der Waals surface area (Å²) in [6.07, 6.45) is 6.73. The largest absolute Gasteiger partial charge is 0.330 e. The van der Waals surface area contributed by atoms with Crippen molar-refractivity contribution in [1.82, 2.24) is 0 Å². The van der Waals surface area contributed by atoms with Crippen molar-refractivity contribution in [3.63, 3.8) is 0 Å². The van der Waals surface area contributed by atoms with Gasteiger partial charge in [0.05, 0.1) is 0 Å². The van der Waals surface area contributed by atoms with Gasteiger partial charge in [0.2, 0.25) is 0 Å². The highest BCUT2D eigenvalue weighted by Crippen LogP contribution is 2.50. The first kappa shape index (κ1) is 14.0. The Bertz CT molecular complexity index is 190. The molecule has 1 rings (SSSR count). The number of nitrogens with two attached hydrogens (primary N) is 1. The fourth-order valence-corrected chi connectivity index (χ4v) is 4.26. The van der Waals surface area contributed by atoms with Gasteiger partial charge in [-0.1, -0.05) is 47.0 Å². The summed E-state index contributed by atoms with van der Waals surface area (Å²) in [6, 6.07) is 0. The molecule has 16 heavy (non-hydrogen) atoms. The molecule has 5 unspecified atom stereocenters. The maximum Gasteiger partial charge on any atom is -0.00772 e. The third kappa shape index (κ3) is 2.80. The molecule has 0 aromatic carbocycles. The van der Waals surface area contributed by atoms with Crippen molar-refractivity contribution in [3.05, 3.63) is 0 Å². The average molecular weight is 225 g/mol. The van der Waals surface area contributed by atoms with Crippen LogP contribution in [0.25, 0.3) is 0 Å². The molecule has 0 aromatic heterocycles. The third-order valence-corrected chi connectivity index (χ3v) is 5.09. The molecule has 1 aliphatic carbocycles. The molecule has 1 aliphatic rings. The highest BCUT2D eigenvalue weighted by Gasteiger charge is 2.43.